The van der Waals surface area contributed by atoms with Crippen LogP contribution >= 0.6 is 0 Å². The van der Waals surface area contributed by atoms with E-state index in [0.717, 1.165) is 11.3 Å². The van der Waals surface area contributed by atoms with Gasteiger partial charge in [0.15, 0.2) is 17.5 Å². The summed E-state index contributed by atoms with van der Waals surface area (Å²) in [6.07, 6.45) is 1.22. The van der Waals surface area contributed by atoms with Crippen LogP contribution < -0.4 is 24.4 Å². The second-order valence-corrected chi connectivity index (χ2v) is 10.5. The highest BCUT2D eigenvalue weighted by Crippen LogP contribution is 2.29. The number of nitrogens with zero attached hydrogens (tertiary/aromatic N) is 3. The Kier molecular flexibility index (Phi) is 6.56. The molecular weight excluding hydrogens is 513 g/mol. The maximum atomic E-state index is 13.3. The molecule has 2 aromatic carbocycles. The van der Waals surface area contributed by atoms with Crippen LogP contribution in [0.15, 0.2) is 42.6 Å². The largest absolute Gasteiger partial charge is 0.417 e. The van der Waals surface area contributed by atoms with Gasteiger partial charge in [-0.3, -0.25) is 14.3 Å². The molecule has 0 bridgehead atoms. The number of halogens is 3. The van der Waals surface area contributed by atoms with Crippen molar-refractivity contribution in [1.29, 1.82) is 0 Å². The molecule has 0 unspecified atom stereocenters. The number of benzene rings is 2. The minimum absolute atomic E-state index is 0.0318. The molecule has 37 heavy (non-hydrogen) atoms. The van der Waals surface area contributed by atoms with Crippen LogP contribution in [-0.2, 0) is 29.7 Å². The molecule has 2 atom stereocenters. The summed E-state index contributed by atoms with van der Waals surface area (Å²) in [5.41, 5.74) is 2.03. The van der Waals surface area contributed by atoms with Crippen molar-refractivity contribution < 1.29 is 31.1 Å². The Labute approximate surface area is 210 Å². The lowest BCUT2D eigenvalue weighted by Gasteiger charge is -2.28. The molecule has 0 saturated carbocycles. The molecule has 2 aliphatic rings. The van der Waals surface area contributed by atoms with Crippen LogP contribution in [0.2, 0.25) is 0 Å². The highest BCUT2D eigenvalue weighted by molar-refractivity contribution is 7.91. The Morgan fingerprint density at radius 2 is 1.89 bits per heavy atom. The van der Waals surface area contributed by atoms with Gasteiger partial charge < -0.3 is 10.1 Å². The van der Waals surface area contributed by atoms with E-state index in [1.54, 1.807) is 35.1 Å². The summed E-state index contributed by atoms with van der Waals surface area (Å²) >= 11 is 0. The topological polar surface area (TPSA) is 118 Å². The fraction of sp³-hybridized carbons (Fsp3) is 0.304. The zero-order valence-corrected chi connectivity index (χ0v) is 20.4. The minimum atomic E-state index is -3.58. The number of ether oxygens (including phenoxy) is 1. The number of hydrogen-bond donors (Lipinski definition) is 3. The average molecular weight is 537 g/mol. The van der Waals surface area contributed by atoms with Gasteiger partial charge in [-0.2, -0.15) is 18.2 Å². The lowest BCUT2D eigenvalue weighted by Crippen LogP contribution is -2.42. The zero-order valence-electron chi connectivity index (χ0n) is 19.5. The molecular formula is C23H23F3N6O4S. The van der Waals surface area contributed by atoms with Crippen molar-refractivity contribution in [2.24, 2.45) is 0 Å². The first-order valence-electron chi connectivity index (χ1n) is 11.4. The van der Waals surface area contributed by atoms with Crippen molar-refractivity contribution >= 4 is 27.7 Å². The SMILES string of the molecule is C[C@H]1CNS(=O)(=O)N1c1cnn2c1CN[C@@H](Cc1ccc(OC(=O)Nc3cc(F)c(F)c(F)c3)cc1)C2. The summed E-state index contributed by atoms with van der Waals surface area (Å²) in [4.78, 5) is 12.0. The van der Waals surface area contributed by atoms with Crippen LogP contribution in [0, 0.1) is 17.5 Å². The normalized spacial score (nSPS) is 20.5. The van der Waals surface area contributed by atoms with E-state index in [1.165, 1.54) is 4.31 Å². The maximum Gasteiger partial charge on any atom is 0.417 e. The van der Waals surface area contributed by atoms with Crippen LogP contribution in [0.3, 0.4) is 0 Å². The Bertz CT molecular complexity index is 1420. The summed E-state index contributed by atoms with van der Waals surface area (Å²) < 4.78 is 75.2. The van der Waals surface area contributed by atoms with Crippen LogP contribution in [-0.4, -0.2) is 42.9 Å². The number of anilines is 2. The molecule has 3 heterocycles. The number of rotatable bonds is 5. The van der Waals surface area contributed by atoms with Gasteiger partial charge in [0, 0.05) is 31.3 Å². The first kappa shape index (κ1) is 25.0. The maximum absolute atomic E-state index is 13.3. The van der Waals surface area contributed by atoms with E-state index in [0.29, 0.717) is 43.9 Å². The highest BCUT2D eigenvalue weighted by Gasteiger charge is 2.37. The monoisotopic (exact) mass is 536 g/mol. The van der Waals surface area contributed by atoms with Gasteiger partial charge in [0.2, 0.25) is 0 Å². The molecule has 3 aromatic rings. The lowest BCUT2D eigenvalue weighted by molar-refractivity contribution is 0.215. The molecule has 0 radical (unpaired) electrons. The number of nitrogens with one attached hydrogen (secondary N) is 3. The summed E-state index contributed by atoms with van der Waals surface area (Å²) in [6.45, 7) is 3.16. The molecule has 1 amide bonds. The van der Waals surface area contributed by atoms with Crippen molar-refractivity contribution in [2.75, 3.05) is 16.2 Å². The lowest BCUT2D eigenvalue weighted by atomic mass is 10.0. The molecule has 196 valence electrons. The molecule has 1 saturated heterocycles. The summed E-state index contributed by atoms with van der Waals surface area (Å²) in [5, 5.41) is 9.96. The molecule has 1 fully saturated rings. The van der Waals surface area contributed by atoms with Gasteiger partial charge in [0.1, 0.15) is 5.75 Å². The first-order valence-corrected chi connectivity index (χ1v) is 12.8. The second-order valence-electron chi connectivity index (χ2n) is 8.85. The van der Waals surface area contributed by atoms with Gasteiger partial charge >= 0.3 is 16.3 Å². The van der Waals surface area contributed by atoms with Gasteiger partial charge in [-0.15, -0.1) is 0 Å². The third-order valence-corrected chi connectivity index (χ3v) is 7.79. The van der Waals surface area contributed by atoms with Gasteiger partial charge in [-0.25, -0.2) is 18.0 Å². The average Bonchev–Trinajstić information content (AvgIpc) is 3.37. The molecule has 0 aliphatic carbocycles. The van der Waals surface area contributed by atoms with Crippen molar-refractivity contribution in [2.45, 2.75) is 38.5 Å². The minimum Gasteiger partial charge on any atom is -0.410 e. The van der Waals surface area contributed by atoms with E-state index in [-0.39, 0.29) is 23.5 Å². The predicted molar refractivity (Wildman–Crippen MR) is 128 cm³/mol. The highest BCUT2D eigenvalue weighted by atomic mass is 32.2. The number of aromatic nitrogens is 2. The van der Waals surface area contributed by atoms with E-state index in [4.69, 9.17) is 4.74 Å². The first-order chi connectivity index (χ1) is 17.6. The van der Waals surface area contributed by atoms with Crippen molar-refractivity contribution in [3.8, 4) is 5.75 Å². The Hall–Kier alpha value is -3.62. The van der Waals surface area contributed by atoms with E-state index >= 15 is 0 Å². The summed E-state index contributed by atoms with van der Waals surface area (Å²) in [5.74, 6) is -4.28. The molecule has 3 N–H and O–H groups in total. The number of hydrogen-bond acceptors (Lipinski definition) is 6. The van der Waals surface area contributed by atoms with Crippen LogP contribution in [0.1, 0.15) is 18.2 Å². The van der Waals surface area contributed by atoms with E-state index in [2.05, 4.69) is 20.5 Å². The quantitative estimate of drug-likeness (QED) is 0.432. The predicted octanol–water partition coefficient (Wildman–Crippen LogP) is 2.67. The fourth-order valence-corrected chi connectivity index (χ4v) is 5.96. The molecule has 2 aliphatic heterocycles. The second kappa shape index (κ2) is 9.68. The van der Waals surface area contributed by atoms with Crippen LogP contribution in [0.4, 0.5) is 29.3 Å². The van der Waals surface area contributed by atoms with E-state index in [9.17, 15) is 26.4 Å². The number of fused-ring (bicyclic) bond motifs is 1. The number of amides is 1. The molecule has 14 heteroatoms. The Morgan fingerprint density at radius 3 is 2.54 bits per heavy atom. The standard InChI is InChI=1S/C23H23F3N6O4S/c1-13-9-29-37(34,35)32(13)21-11-28-31-12-16(27-10-20(21)31)6-14-2-4-17(5-3-14)36-23(33)30-15-7-18(24)22(26)19(25)8-15/h2-5,7-8,11,13,16,27,29H,6,9-10,12H2,1H3,(H,30,33)/t13-,16-/m0/s1. The van der Waals surface area contributed by atoms with Crippen molar-refractivity contribution in [3.05, 3.63) is 71.3 Å². The van der Waals surface area contributed by atoms with Gasteiger partial charge in [0.25, 0.3) is 0 Å². The Balaban J connectivity index is 1.18. The third-order valence-electron chi connectivity index (χ3n) is 6.18. The smallest absolute Gasteiger partial charge is 0.410 e. The molecule has 10 nitrogen and oxygen atoms in total. The molecule has 1 aromatic heterocycles. The summed E-state index contributed by atoms with van der Waals surface area (Å²) in [7, 11) is -3.58. The summed E-state index contributed by atoms with van der Waals surface area (Å²) in [6, 6.07) is 7.82. The van der Waals surface area contributed by atoms with Gasteiger partial charge in [-0.1, -0.05) is 12.1 Å². The molecule has 5 rings (SSSR count). The van der Waals surface area contributed by atoms with Gasteiger partial charge in [-0.05, 0) is 31.0 Å². The van der Waals surface area contributed by atoms with E-state index < -0.39 is 33.8 Å². The number of carbonyl (C=O) groups is 1. The van der Waals surface area contributed by atoms with Gasteiger partial charge in [0.05, 0.1) is 35.9 Å². The fourth-order valence-electron chi connectivity index (χ4n) is 4.41. The van der Waals surface area contributed by atoms with Crippen LogP contribution in [0.5, 0.6) is 5.75 Å². The Morgan fingerprint density at radius 1 is 1.19 bits per heavy atom. The van der Waals surface area contributed by atoms with Crippen molar-refractivity contribution in [1.82, 2.24) is 19.8 Å². The molecule has 0 spiro atoms. The third kappa shape index (κ3) is 5.12. The van der Waals surface area contributed by atoms with Crippen LogP contribution in [0.25, 0.3) is 0 Å². The number of carbonyl (C=O) groups excluding carboxylic acids is 1. The van der Waals surface area contributed by atoms with Crippen molar-refractivity contribution in [3.63, 3.8) is 0 Å². The zero-order chi connectivity index (χ0) is 26.3. The van der Waals surface area contributed by atoms with E-state index in [1.807, 2.05) is 6.92 Å².